The molecule has 1 saturated heterocycles. The van der Waals surface area contributed by atoms with Crippen molar-refractivity contribution in [2.75, 3.05) is 19.6 Å². The summed E-state index contributed by atoms with van der Waals surface area (Å²) in [4.78, 5) is 25.3. The number of rotatable bonds is 6. The Morgan fingerprint density at radius 3 is 2.74 bits per heavy atom. The zero-order valence-corrected chi connectivity index (χ0v) is 12.5. The van der Waals surface area contributed by atoms with Gasteiger partial charge in [0.25, 0.3) is 0 Å². The molecule has 0 bridgehead atoms. The van der Waals surface area contributed by atoms with Crippen LogP contribution in [-0.4, -0.2) is 42.4 Å². The molecule has 0 aromatic heterocycles. The molecule has 0 aliphatic carbocycles. The van der Waals surface area contributed by atoms with Crippen molar-refractivity contribution in [3.05, 3.63) is 0 Å². The summed E-state index contributed by atoms with van der Waals surface area (Å²) < 4.78 is 0. The van der Waals surface area contributed by atoms with Crippen LogP contribution in [0.25, 0.3) is 0 Å². The predicted molar refractivity (Wildman–Crippen MR) is 78.2 cm³/mol. The second-order valence-corrected chi connectivity index (χ2v) is 4.89. The summed E-state index contributed by atoms with van der Waals surface area (Å²) in [6, 6.07) is 0.125. The first-order valence-electron chi connectivity index (χ1n) is 6.94. The number of amides is 2. The summed E-state index contributed by atoms with van der Waals surface area (Å²) in [5.74, 6) is 0.258. The van der Waals surface area contributed by atoms with E-state index in [1.54, 1.807) is 0 Å². The minimum atomic E-state index is 0. The van der Waals surface area contributed by atoms with E-state index < -0.39 is 0 Å². The standard InChI is InChI=1S/C13H25N3O2.ClH/c1-2-5-12(17)15-11-6-4-9-16(10-11)13(18)7-3-8-14;/h11H,2-10,14H2,1H3,(H,15,17);1H. The van der Waals surface area contributed by atoms with Crippen molar-refractivity contribution in [1.29, 1.82) is 0 Å². The highest BCUT2D eigenvalue weighted by atomic mass is 35.5. The SMILES string of the molecule is CCCC(=O)NC1CCCN(C(=O)CCCN)C1.Cl. The lowest BCUT2D eigenvalue weighted by Gasteiger charge is -2.33. The van der Waals surface area contributed by atoms with Gasteiger partial charge in [0, 0.05) is 32.0 Å². The fourth-order valence-electron chi connectivity index (χ4n) is 2.26. The molecule has 0 saturated carbocycles. The smallest absolute Gasteiger partial charge is 0.222 e. The zero-order valence-electron chi connectivity index (χ0n) is 11.7. The van der Waals surface area contributed by atoms with Crippen LogP contribution in [0.1, 0.15) is 45.4 Å². The molecular weight excluding hydrogens is 266 g/mol. The van der Waals surface area contributed by atoms with Crippen LogP contribution in [0.15, 0.2) is 0 Å². The van der Waals surface area contributed by atoms with Crippen molar-refractivity contribution < 1.29 is 9.59 Å². The van der Waals surface area contributed by atoms with E-state index in [1.165, 1.54) is 0 Å². The Labute approximate surface area is 121 Å². The molecule has 1 rings (SSSR count). The molecule has 2 amide bonds. The van der Waals surface area contributed by atoms with Crippen molar-refractivity contribution in [2.45, 2.75) is 51.5 Å². The first-order chi connectivity index (χ1) is 8.67. The summed E-state index contributed by atoms with van der Waals surface area (Å²) in [5.41, 5.74) is 5.41. The molecule has 3 N–H and O–H groups in total. The van der Waals surface area contributed by atoms with Gasteiger partial charge in [-0.05, 0) is 32.2 Å². The lowest BCUT2D eigenvalue weighted by molar-refractivity contribution is -0.133. The Morgan fingerprint density at radius 1 is 1.37 bits per heavy atom. The second-order valence-electron chi connectivity index (χ2n) is 4.89. The van der Waals surface area contributed by atoms with Crippen molar-refractivity contribution in [3.63, 3.8) is 0 Å². The van der Waals surface area contributed by atoms with E-state index >= 15 is 0 Å². The summed E-state index contributed by atoms with van der Waals surface area (Å²) >= 11 is 0. The van der Waals surface area contributed by atoms with E-state index in [-0.39, 0.29) is 30.3 Å². The molecule has 19 heavy (non-hydrogen) atoms. The molecule has 1 fully saturated rings. The summed E-state index contributed by atoms with van der Waals surface area (Å²) in [6.45, 7) is 4.00. The third-order valence-electron chi connectivity index (χ3n) is 3.21. The first kappa shape index (κ1) is 18.2. The third kappa shape index (κ3) is 6.78. The van der Waals surface area contributed by atoms with Crippen molar-refractivity contribution >= 4 is 24.2 Å². The molecule has 0 aromatic rings. The van der Waals surface area contributed by atoms with E-state index in [9.17, 15) is 9.59 Å². The Balaban J connectivity index is 0.00000324. The normalized spacial score (nSPS) is 18.6. The number of nitrogens with one attached hydrogen (secondary N) is 1. The topological polar surface area (TPSA) is 75.4 Å². The third-order valence-corrected chi connectivity index (χ3v) is 3.21. The molecule has 1 heterocycles. The van der Waals surface area contributed by atoms with Gasteiger partial charge in [0.1, 0.15) is 0 Å². The number of nitrogens with two attached hydrogens (primary N) is 1. The fraction of sp³-hybridized carbons (Fsp3) is 0.846. The van der Waals surface area contributed by atoms with Crippen LogP contribution < -0.4 is 11.1 Å². The molecule has 0 radical (unpaired) electrons. The molecule has 0 spiro atoms. The van der Waals surface area contributed by atoms with Crippen LogP contribution >= 0.6 is 12.4 Å². The Morgan fingerprint density at radius 2 is 2.11 bits per heavy atom. The van der Waals surface area contributed by atoms with Gasteiger partial charge < -0.3 is 16.0 Å². The molecule has 1 aliphatic heterocycles. The van der Waals surface area contributed by atoms with Gasteiger partial charge in [-0.1, -0.05) is 6.92 Å². The number of nitrogens with zero attached hydrogens (tertiary/aromatic N) is 1. The molecular formula is C13H26ClN3O2. The van der Waals surface area contributed by atoms with E-state index in [1.807, 2.05) is 11.8 Å². The summed E-state index contributed by atoms with van der Waals surface area (Å²) in [6.07, 6.45) is 4.62. The van der Waals surface area contributed by atoms with E-state index in [0.717, 1.165) is 32.2 Å². The van der Waals surface area contributed by atoms with E-state index in [4.69, 9.17) is 5.73 Å². The number of hydrogen-bond donors (Lipinski definition) is 2. The number of halogens is 1. The Kier molecular flexibility index (Phi) is 9.61. The molecule has 0 aromatic carbocycles. The minimum absolute atomic E-state index is 0. The van der Waals surface area contributed by atoms with Gasteiger partial charge in [0.05, 0.1) is 0 Å². The molecule has 1 aliphatic rings. The van der Waals surface area contributed by atoms with Crippen molar-refractivity contribution in [1.82, 2.24) is 10.2 Å². The monoisotopic (exact) mass is 291 g/mol. The van der Waals surface area contributed by atoms with Gasteiger partial charge in [0.2, 0.25) is 11.8 Å². The number of piperidine rings is 1. The Hall–Kier alpha value is -0.810. The highest BCUT2D eigenvalue weighted by molar-refractivity contribution is 5.85. The van der Waals surface area contributed by atoms with Crippen LogP contribution in [0.5, 0.6) is 0 Å². The highest BCUT2D eigenvalue weighted by Crippen LogP contribution is 2.12. The molecule has 5 nitrogen and oxygen atoms in total. The number of hydrogen-bond acceptors (Lipinski definition) is 3. The van der Waals surface area contributed by atoms with E-state index in [2.05, 4.69) is 5.32 Å². The van der Waals surface area contributed by atoms with E-state index in [0.29, 0.717) is 25.9 Å². The van der Waals surface area contributed by atoms with Crippen LogP contribution in [0.4, 0.5) is 0 Å². The minimum Gasteiger partial charge on any atom is -0.352 e. The predicted octanol–water partition coefficient (Wildman–Crippen LogP) is 1.05. The first-order valence-corrected chi connectivity index (χ1v) is 6.94. The van der Waals surface area contributed by atoms with Gasteiger partial charge in [0.15, 0.2) is 0 Å². The van der Waals surface area contributed by atoms with Gasteiger partial charge in [-0.15, -0.1) is 12.4 Å². The van der Waals surface area contributed by atoms with Gasteiger partial charge in [-0.3, -0.25) is 9.59 Å². The maximum Gasteiger partial charge on any atom is 0.222 e. The lowest BCUT2D eigenvalue weighted by atomic mass is 10.0. The zero-order chi connectivity index (χ0) is 13.4. The average Bonchev–Trinajstić information content (AvgIpc) is 2.36. The second kappa shape index (κ2) is 10.0. The quantitative estimate of drug-likeness (QED) is 0.768. The van der Waals surface area contributed by atoms with Crippen molar-refractivity contribution in [3.8, 4) is 0 Å². The molecule has 6 heteroatoms. The maximum atomic E-state index is 11.9. The molecule has 1 atom stereocenters. The largest absolute Gasteiger partial charge is 0.352 e. The number of carbonyl (C=O) groups is 2. The lowest BCUT2D eigenvalue weighted by Crippen LogP contribution is -2.49. The Bertz CT molecular complexity index is 287. The van der Waals surface area contributed by atoms with Crippen LogP contribution in [0.2, 0.25) is 0 Å². The number of likely N-dealkylation sites (tertiary alicyclic amines) is 1. The highest BCUT2D eigenvalue weighted by Gasteiger charge is 2.23. The van der Waals surface area contributed by atoms with Crippen LogP contribution in [0.3, 0.4) is 0 Å². The van der Waals surface area contributed by atoms with Crippen LogP contribution in [-0.2, 0) is 9.59 Å². The molecule has 1 unspecified atom stereocenters. The van der Waals surface area contributed by atoms with Crippen molar-refractivity contribution in [2.24, 2.45) is 5.73 Å². The fourth-order valence-corrected chi connectivity index (χ4v) is 2.26. The average molecular weight is 292 g/mol. The van der Waals surface area contributed by atoms with Gasteiger partial charge in [-0.25, -0.2) is 0 Å². The summed E-state index contributed by atoms with van der Waals surface area (Å²) in [5, 5.41) is 3.00. The summed E-state index contributed by atoms with van der Waals surface area (Å²) in [7, 11) is 0. The van der Waals surface area contributed by atoms with Gasteiger partial charge >= 0.3 is 0 Å². The maximum absolute atomic E-state index is 11.9. The van der Waals surface area contributed by atoms with Crippen LogP contribution in [0, 0.1) is 0 Å². The number of carbonyl (C=O) groups excluding carboxylic acids is 2. The molecule has 112 valence electrons. The van der Waals surface area contributed by atoms with Gasteiger partial charge in [-0.2, -0.15) is 0 Å².